The van der Waals surface area contributed by atoms with Crippen molar-refractivity contribution in [1.29, 1.82) is 0 Å². The number of fused-ring (bicyclic) bond motifs is 2. The van der Waals surface area contributed by atoms with Gasteiger partial charge < -0.3 is 11.5 Å². The fourth-order valence-corrected chi connectivity index (χ4v) is 4.41. The Labute approximate surface area is 268 Å². The maximum absolute atomic E-state index is 6.58. The number of hydrogen-bond donors (Lipinski definition) is 0. The molecule has 215 valence electrons. The van der Waals surface area contributed by atoms with Crippen LogP contribution >= 0.6 is 0 Å². The Morgan fingerprint density at radius 2 is 0.810 bits per heavy atom. The van der Waals surface area contributed by atoms with E-state index in [0.717, 1.165) is 24.0 Å². The van der Waals surface area contributed by atoms with E-state index in [-0.39, 0.29) is 12.1 Å². The third-order valence-electron chi connectivity index (χ3n) is 6.15. The van der Waals surface area contributed by atoms with E-state index in [4.69, 9.17) is 11.5 Å². The molecule has 0 aliphatic carbocycles. The van der Waals surface area contributed by atoms with Crippen molar-refractivity contribution in [3.63, 3.8) is 0 Å². The molecule has 6 aromatic rings. The van der Waals surface area contributed by atoms with E-state index in [1.54, 1.807) is 0 Å². The van der Waals surface area contributed by atoms with E-state index in [1.165, 1.54) is 54.9 Å². The van der Waals surface area contributed by atoms with E-state index >= 15 is 0 Å². The van der Waals surface area contributed by atoms with Gasteiger partial charge >= 0.3 is 28.9 Å². The number of benzene rings is 4. The third-order valence-corrected chi connectivity index (χ3v) is 6.15. The molecule has 0 saturated carbocycles. The molecule has 0 saturated heterocycles. The first kappa shape index (κ1) is 35.2. The van der Waals surface area contributed by atoms with E-state index < -0.39 is 0 Å². The van der Waals surface area contributed by atoms with Gasteiger partial charge in [0, 0.05) is 0 Å². The average Bonchev–Trinajstić information content (AvgIpc) is 3.59. The van der Waals surface area contributed by atoms with Gasteiger partial charge in [0.1, 0.15) is 0 Å². The number of nitrogens with one attached hydrogen (secondary N) is 2. The number of rotatable bonds is 2. The van der Waals surface area contributed by atoms with Crippen LogP contribution in [0.2, 0.25) is 0 Å². The fourth-order valence-electron chi connectivity index (χ4n) is 4.41. The summed E-state index contributed by atoms with van der Waals surface area (Å²) in [6, 6.07) is 43.3. The molecule has 0 atom stereocenters. The predicted molar refractivity (Wildman–Crippen MR) is 184 cm³/mol. The molecule has 0 heterocycles. The molecule has 2 nitrogen and oxygen atoms in total. The third kappa shape index (κ3) is 11.3. The Kier molecular flexibility index (Phi) is 15.5. The second-order valence-electron chi connectivity index (χ2n) is 10.7. The molecule has 4 heteroatoms. The van der Waals surface area contributed by atoms with Crippen LogP contribution in [0.1, 0.15) is 38.8 Å². The second kappa shape index (κ2) is 18.5. The van der Waals surface area contributed by atoms with Crippen molar-refractivity contribution in [3.8, 4) is 22.3 Å². The van der Waals surface area contributed by atoms with Crippen molar-refractivity contribution >= 4 is 26.5 Å². The van der Waals surface area contributed by atoms with Crippen molar-refractivity contribution in [1.82, 2.24) is 0 Å². The van der Waals surface area contributed by atoms with Crippen LogP contribution in [0.15, 0.2) is 121 Å². The summed E-state index contributed by atoms with van der Waals surface area (Å²) in [7, 11) is 0. The molecule has 0 spiro atoms. The van der Waals surface area contributed by atoms with Crippen molar-refractivity contribution in [2.75, 3.05) is 0 Å². The Morgan fingerprint density at radius 3 is 1.12 bits per heavy atom. The van der Waals surface area contributed by atoms with Crippen LogP contribution in [-0.4, -0.2) is 17.0 Å². The summed E-state index contributed by atoms with van der Waals surface area (Å²) < 4.78 is 0. The van der Waals surface area contributed by atoms with Crippen LogP contribution < -0.4 is 0 Å². The van der Waals surface area contributed by atoms with Gasteiger partial charge in [-0.3, -0.25) is 0 Å². The number of hydrogen-bond acceptors (Lipinski definition) is 0. The van der Waals surface area contributed by atoms with Gasteiger partial charge in [0.15, 0.2) is 0 Å². The molecule has 6 rings (SSSR count). The van der Waals surface area contributed by atoms with Crippen LogP contribution in [0.25, 0.3) is 55.3 Å². The zero-order chi connectivity index (χ0) is 31.1. The van der Waals surface area contributed by atoms with Crippen LogP contribution in [0.4, 0.5) is 0 Å². The van der Waals surface area contributed by atoms with Crippen LogP contribution in [0.3, 0.4) is 0 Å². The van der Waals surface area contributed by atoms with E-state index in [2.05, 4.69) is 140 Å². The molecule has 0 aliphatic rings. The van der Waals surface area contributed by atoms with Crippen LogP contribution in [0.5, 0.6) is 0 Å². The Hall–Kier alpha value is -3.03. The molecule has 6 aromatic carbocycles. The van der Waals surface area contributed by atoms with Gasteiger partial charge in [-0.15, -0.1) is 81.2 Å². The normalized spacial score (nSPS) is 10.0. The van der Waals surface area contributed by atoms with Gasteiger partial charge in [-0.05, 0) is 13.8 Å². The van der Waals surface area contributed by atoms with Crippen LogP contribution in [-0.2, 0) is 24.0 Å². The SMILES string of the molecule is CC(C)[NH-].CC(C)[NH-].Cc1ccccc1-c1cc2ccccc2[cH-]1.Cc1ccccc1-c1cc2ccccc2[cH-]1.[B]=[Zr]. The average molecular weight is 629 g/mol. The van der Waals surface area contributed by atoms with Gasteiger partial charge in [-0.25, -0.2) is 0 Å². The first-order valence-electron chi connectivity index (χ1n) is 14.3. The second-order valence-corrected chi connectivity index (χ2v) is 10.7. The Morgan fingerprint density at radius 1 is 0.524 bits per heavy atom. The molecular weight excluding hydrogens is 586 g/mol. The van der Waals surface area contributed by atoms with E-state index in [9.17, 15) is 0 Å². The number of aryl methyl sites for hydroxylation is 2. The molecule has 0 unspecified atom stereocenters. The first-order chi connectivity index (χ1) is 20.2. The summed E-state index contributed by atoms with van der Waals surface area (Å²) in [6.07, 6.45) is 0. The minimum absolute atomic E-state index is 0.0833. The predicted octanol–water partition coefficient (Wildman–Crippen LogP) is 11.6. The molecule has 0 aliphatic heterocycles. The molecule has 0 aromatic heterocycles. The van der Waals surface area contributed by atoms with Gasteiger partial charge in [0.2, 0.25) is 0 Å². The van der Waals surface area contributed by atoms with Gasteiger partial charge in [-0.1, -0.05) is 135 Å². The van der Waals surface area contributed by atoms with Crippen molar-refractivity contribution in [3.05, 3.63) is 144 Å². The monoisotopic (exact) mass is 627 g/mol. The van der Waals surface area contributed by atoms with Crippen molar-refractivity contribution in [2.24, 2.45) is 0 Å². The zero-order valence-electron chi connectivity index (χ0n) is 25.8. The van der Waals surface area contributed by atoms with Crippen molar-refractivity contribution < 1.29 is 24.0 Å². The quantitative estimate of drug-likeness (QED) is 0.135. The van der Waals surface area contributed by atoms with Gasteiger partial charge in [-0.2, -0.15) is 0 Å². The summed E-state index contributed by atoms with van der Waals surface area (Å²) in [5, 5.41) is 5.28. The zero-order valence-corrected chi connectivity index (χ0v) is 28.2. The molecule has 0 amide bonds. The van der Waals surface area contributed by atoms with Gasteiger partial charge in [0.05, 0.1) is 0 Å². The summed E-state index contributed by atoms with van der Waals surface area (Å²) >= 11 is 1.05. The molecule has 1 radical (unpaired) electrons. The summed E-state index contributed by atoms with van der Waals surface area (Å²) in [6.45, 7) is 11.7. The minimum atomic E-state index is 0.0833. The van der Waals surface area contributed by atoms with E-state index in [1.807, 2.05) is 27.7 Å². The molecule has 2 N–H and O–H groups in total. The summed E-state index contributed by atoms with van der Waals surface area (Å²) in [5.74, 6) is 0. The first-order valence-corrected chi connectivity index (χ1v) is 15.7. The summed E-state index contributed by atoms with van der Waals surface area (Å²) in [5.41, 5.74) is 21.1. The van der Waals surface area contributed by atoms with Crippen LogP contribution in [0, 0.1) is 13.8 Å². The Bertz CT molecular complexity index is 1430. The molecule has 0 bridgehead atoms. The van der Waals surface area contributed by atoms with Gasteiger partial charge in [0.25, 0.3) is 0 Å². The Balaban J connectivity index is 0.000000225. The standard InChI is InChI=1S/2C16H13.2C3H8N.B.Zr/c2*1-12-6-2-5-9-16(12)15-10-13-7-3-4-8-14(13)11-15;2*1-3(2)4;;/h2*2-11H,1H3;2*3-4H,1-2H3;;/q4*-1;;. The molecule has 0 fully saturated rings. The fraction of sp³-hybridized carbons (Fsp3) is 0.211. The van der Waals surface area contributed by atoms with E-state index in [0.29, 0.717) is 0 Å². The summed E-state index contributed by atoms with van der Waals surface area (Å²) in [4.78, 5) is 4.59. The molecule has 42 heavy (non-hydrogen) atoms. The van der Waals surface area contributed by atoms with Crippen molar-refractivity contribution in [2.45, 2.75) is 53.6 Å². The maximum atomic E-state index is 6.58. The topological polar surface area (TPSA) is 47.6 Å². The molecular formula is C38H42BN2Zr-4.